The molecule has 25 heavy (non-hydrogen) atoms. The van der Waals surface area contributed by atoms with Gasteiger partial charge in [0.15, 0.2) is 0 Å². The Balaban J connectivity index is 1.96. The molecule has 0 radical (unpaired) electrons. The number of hydrogen-bond donors (Lipinski definition) is 1. The molecule has 0 fully saturated rings. The number of hydrogen-bond acceptors (Lipinski definition) is 5. The average Bonchev–Trinajstić information content (AvgIpc) is 3.04. The first-order chi connectivity index (χ1) is 11.9. The highest BCUT2D eigenvalue weighted by atomic mass is 32.2. The molecule has 0 aliphatic carbocycles. The van der Waals surface area contributed by atoms with Gasteiger partial charge in [0.05, 0.1) is 23.8 Å². The van der Waals surface area contributed by atoms with Gasteiger partial charge >= 0.3 is 0 Å². The summed E-state index contributed by atoms with van der Waals surface area (Å²) in [6, 6.07) is 12.4. The number of nitrogens with one attached hydrogen (secondary N) is 1. The Morgan fingerprint density at radius 1 is 1.08 bits per heavy atom. The summed E-state index contributed by atoms with van der Waals surface area (Å²) < 4.78 is 38.2. The lowest BCUT2D eigenvalue weighted by molar-refractivity contribution is 0.415. The van der Waals surface area contributed by atoms with E-state index < -0.39 is 10.0 Å². The first-order valence-electron chi connectivity index (χ1n) is 7.60. The number of nitrogens with zero attached hydrogens (tertiary/aromatic N) is 1. The molecular formula is C18H18N2O4S. The Labute approximate surface area is 146 Å². The van der Waals surface area contributed by atoms with Gasteiger partial charge in [-0.3, -0.25) is 0 Å². The number of aryl methyl sites for hydroxylation is 2. The van der Waals surface area contributed by atoms with Crippen molar-refractivity contribution in [2.24, 2.45) is 0 Å². The molecule has 0 atom stereocenters. The maximum atomic E-state index is 12.7. The van der Waals surface area contributed by atoms with Crippen molar-refractivity contribution in [3.63, 3.8) is 0 Å². The molecule has 0 bridgehead atoms. The predicted molar refractivity (Wildman–Crippen MR) is 95.2 cm³/mol. The lowest BCUT2D eigenvalue weighted by Crippen LogP contribution is -2.14. The quantitative estimate of drug-likeness (QED) is 0.751. The second-order valence-electron chi connectivity index (χ2n) is 5.67. The van der Waals surface area contributed by atoms with Gasteiger partial charge in [0, 0.05) is 0 Å². The zero-order valence-corrected chi connectivity index (χ0v) is 14.9. The fourth-order valence-electron chi connectivity index (χ4n) is 2.46. The molecule has 0 aliphatic rings. The first kappa shape index (κ1) is 17.0. The van der Waals surface area contributed by atoms with Crippen molar-refractivity contribution in [3.8, 4) is 16.9 Å². The van der Waals surface area contributed by atoms with Gasteiger partial charge in [0.1, 0.15) is 5.75 Å². The van der Waals surface area contributed by atoms with Crippen LogP contribution in [0.15, 0.2) is 58.1 Å². The van der Waals surface area contributed by atoms with Crippen molar-refractivity contribution in [1.29, 1.82) is 0 Å². The number of ether oxygens (including phenoxy) is 1. The largest absolute Gasteiger partial charge is 0.497 e. The van der Waals surface area contributed by atoms with Gasteiger partial charge in [-0.25, -0.2) is 13.1 Å². The summed E-state index contributed by atoms with van der Waals surface area (Å²) in [6.07, 6.45) is 1.47. The van der Waals surface area contributed by atoms with Crippen LogP contribution >= 0.6 is 0 Å². The third kappa shape index (κ3) is 3.51. The van der Waals surface area contributed by atoms with Crippen molar-refractivity contribution in [2.45, 2.75) is 18.7 Å². The Kier molecular flexibility index (Phi) is 4.50. The normalized spacial score (nSPS) is 11.3. The zero-order valence-electron chi connectivity index (χ0n) is 14.1. The summed E-state index contributed by atoms with van der Waals surface area (Å²) in [5.74, 6) is 0.781. The van der Waals surface area contributed by atoms with Crippen molar-refractivity contribution in [2.75, 3.05) is 11.8 Å². The second kappa shape index (κ2) is 6.60. The van der Waals surface area contributed by atoms with Gasteiger partial charge in [-0.15, -0.1) is 0 Å². The van der Waals surface area contributed by atoms with Crippen molar-refractivity contribution < 1.29 is 17.7 Å². The molecule has 3 aromatic rings. The lowest BCUT2D eigenvalue weighted by Gasteiger charge is -2.10. The van der Waals surface area contributed by atoms with E-state index in [0.717, 1.165) is 11.1 Å². The fraction of sp³-hybridized carbons (Fsp3) is 0.167. The minimum Gasteiger partial charge on any atom is -0.497 e. The van der Waals surface area contributed by atoms with Crippen LogP contribution in [0.5, 0.6) is 5.75 Å². The number of rotatable bonds is 5. The van der Waals surface area contributed by atoms with Crippen LogP contribution in [0.25, 0.3) is 11.1 Å². The number of sulfonamides is 1. The maximum absolute atomic E-state index is 12.7. The van der Waals surface area contributed by atoms with Crippen molar-refractivity contribution in [3.05, 3.63) is 59.8 Å². The molecule has 2 aromatic carbocycles. The summed E-state index contributed by atoms with van der Waals surface area (Å²) in [4.78, 5) is 0.213. The van der Waals surface area contributed by atoms with Gasteiger partial charge in [0.25, 0.3) is 10.0 Å². The Morgan fingerprint density at radius 3 is 2.48 bits per heavy atom. The molecule has 3 rings (SSSR count). The third-order valence-electron chi connectivity index (χ3n) is 3.83. The molecule has 0 amide bonds. The lowest BCUT2D eigenvalue weighted by atomic mass is 10.1. The zero-order chi connectivity index (χ0) is 18.0. The summed E-state index contributed by atoms with van der Waals surface area (Å²) in [5, 5.41) is 3.73. The molecule has 0 spiro atoms. The van der Waals surface area contributed by atoms with Gasteiger partial charge in [0.2, 0.25) is 5.88 Å². The van der Waals surface area contributed by atoms with Crippen LogP contribution in [0.3, 0.4) is 0 Å². The minimum absolute atomic E-state index is 0.0751. The smallest absolute Gasteiger partial charge is 0.264 e. The molecule has 0 unspecified atom stereocenters. The third-order valence-corrected chi connectivity index (χ3v) is 5.30. The Bertz CT molecular complexity index is 992. The molecule has 1 N–H and O–H groups in total. The standard InChI is InChI=1S/C18H18N2O4S/c1-12-4-5-13(2)17(10-12)25(21,22)20-18-16(11-19-24-18)14-6-8-15(23-3)9-7-14/h4-11,20H,1-3H3. The van der Waals surface area contributed by atoms with E-state index in [2.05, 4.69) is 9.88 Å². The van der Waals surface area contributed by atoms with Gasteiger partial charge < -0.3 is 9.26 Å². The van der Waals surface area contributed by atoms with Gasteiger partial charge in [-0.05, 0) is 48.7 Å². The van der Waals surface area contributed by atoms with E-state index in [9.17, 15) is 8.42 Å². The fourth-order valence-corrected chi connectivity index (χ4v) is 3.80. The van der Waals surface area contributed by atoms with E-state index in [4.69, 9.17) is 9.26 Å². The Hall–Kier alpha value is -2.80. The van der Waals surface area contributed by atoms with Crippen LogP contribution in [-0.2, 0) is 10.0 Å². The predicted octanol–water partition coefficient (Wildman–Crippen LogP) is 3.77. The van der Waals surface area contributed by atoms with Gasteiger partial charge in [-0.2, -0.15) is 0 Å². The van der Waals surface area contributed by atoms with Crippen LogP contribution in [0, 0.1) is 13.8 Å². The number of anilines is 1. The number of aromatic nitrogens is 1. The SMILES string of the molecule is COc1ccc(-c2cnoc2NS(=O)(=O)c2cc(C)ccc2C)cc1. The topological polar surface area (TPSA) is 81.4 Å². The highest BCUT2D eigenvalue weighted by Crippen LogP contribution is 2.31. The molecule has 7 heteroatoms. The van der Waals surface area contributed by atoms with Crippen LogP contribution in [0.1, 0.15) is 11.1 Å². The molecule has 0 saturated carbocycles. The van der Waals surface area contributed by atoms with Crippen LogP contribution < -0.4 is 9.46 Å². The number of methoxy groups -OCH3 is 1. The summed E-state index contributed by atoms with van der Waals surface area (Å²) in [6.45, 7) is 3.59. The van der Waals surface area contributed by atoms with E-state index in [-0.39, 0.29) is 10.8 Å². The second-order valence-corrected chi connectivity index (χ2v) is 7.32. The van der Waals surface area contributed by atoms with Crippen LogP contribution in [-0.4, -0.2) is 20.7 Å². The maximum Gasteiger partial charge on any atom is 0.264 e. The highest BCUT2D eigenvalue weighted by Gasteiger charge is 2.21. The Morgan fingerprint density at radius 2 is 1.80 bits per heavy atom. The molecular weight excluding hydrogens is 340 g/mol. The average molecular weight is 358 g/mol. The number of benzene rings is 2. The van der Waals surface area contributed by atoms with Crippen LogP contribution in [0.2, 0.25) is 0 Å². The van der Waals surface area contributed by atoms with E-state index in [1.807, 2.05) is 13.0 Å². The molecule has 1 heterocycles. The van der Waals surface area contributed by atoms with E-state index in [1.165, 1.54) is 6.20 Å². The molecule has 6 nitrogen and oxygen atoms in total. The summed E-state index contributed by atoms with van der Waals surface area (Å²) in [5.41, 5.74) is 2.83. The van der Waals surface area contributed by atoms with E-state index >= 15 is 0 Å². The highest BCUT2D eigenvalue weighted by molar-refractivity contribution is 7.92. The first-order valence-corrected chi connectivity index (χ1v) is 9.08. The van der Waals surface area contributed by atoms with Crippen LogP contribution in [0.4, 0.5) is 5.88 Å². The molecule has 0 saturated heterocycles. The van der Waals surface area contributed by atoms with E-state index in [1.54, 1.807) is 50.4 Å². The van der Waals surface area contributed by atoms with Crippen molar-refractivity contribution >= 4 is 15.9 Å². The monoisotopic (exact) mass is 358 g/mol. The van der Waals surface area contributed by atoms with Crippen molar-refractivity contribution in [1.82, 2.24) is 5.16 Å². The molecule has 0 aliphatic heterocycles. The summed E-state index contributed by atoms with van der Waals surface area (Å²) in [7, 11) is -2.21. The minimum atomic E-state index is -3.79. The van der Waals surface area contributed by atoms with E-state index in [0.29, 0.717) is 16.9 Å². The molecule has 1 aromatic heterocycles. The summed E-state index contributed by atoms with van der Waals surface area (Å²) >= 11 is 0. The van der Waals surface area contributed by atoms with Gasteiger partial charge in [-0.1, -0.05) is 29.4 Å². The molecule has 130 valence electrons.